The Labute approximate surface area is 163 Å². The van der Waals surface area contributed by atoms with E-state index in [9.17, 15) is 0 Å². The van der Waals surface area contributed by atoms with Crippen LogP contribution in [-0.4, -0.2) is 0 Å². The Morgan fingerprint density at radius 3 is 1.11 bits per heavy atom. The molecule has 0 heterocycles. The summed E-state index contributed by atoms with van der Waals surface area (Å²) in [6.45, 7) is 0. The predicted octanol–water partition coefficient (Wildman–Crippen LogP) is 7.64. The van der Waals surface area contributed by atoms with Crippen LogP contribution in [0.2, 0.25) is 0 Å². The molecule has 0 radical (unpaired) electrons. The molecule has 0 amide bonds. The Hall–Kier alpha value is -3.03. The standard InChI is InChI=1S/C26H22S/c1-5-13-23(14-6-1)21-22-27(24-15-7-2-8-16-24,25-17-9-3-10-18-25)26-19-11-4-12-20-26/h1-22H/b22-21+. The SMILES string of the molecule is C(=C\S(c1ccccc1)(c1ccccc1)c1ccccc1)/c1ccccc1. The summed E-state index contributed by atoms with van der Waals surface area (Å²) < 4.78 is 0. The van der Waals surface area contributed by atoms with Gasteiger partial charge in [0.05, 0.1) is 0 Å². The smallest absolute Gasteiger partial charge is 0.00174 e. The van der Waals surface area contributed by atoms with Crippen LogP contribution in [0.5, 0.6) is 0 Å². The van der Waals surface area contributed by atoms with Gasteiger partial charge in [-0.3, -0.25) is 0 Å². The van der Waals surface area contributed by atoms with Gasteiger partial charge in [-0.2, -0.15) is 0 Å². The van der Waals surface area contributed by atoms with E-state index < -0.39 is 10.0 Å². The van der Waals surface area contributed by atoms with Crippen molar-refractivity contribution in [1.82, 2.24) is 0 Å². The maximum Gasteiger partial charge on any atom is 0.00174 e. The first-order chi connectivity index (χ1) is 13.4. The topological polar surface area (TPSA) is 0 Å². The molecule has 0 bridgehead atoms. The molecule has 0 atom stereocenters. The minimum atomic E-state index is -1.51. The number of rotatable bonds is 5. The lowest BCUT2D eigenvalue weighted by Crippen LogP contribution is -2.00. The van der Waals surface area contributed by atoms with Crippen LogP contribution in [0.25, 0.3) is 6.08 Å². The van der Waals surface area contributed by atoms with E-state index in [2.05, 4.69) is 133 Å². The summed E-state index contributed by atoms with van der Waals surface area (Å²) in [4.78, 5) is 4.03. The highest BCUT2D eigenvalue weighted by Crippen LogP contribution is 2.69. The van der Waals surface area contributed by atoms with Crippen LogP contribution < -0.4 is 0 Å². The third kappa shape index (κ3) is 3.60. The Morgan fingerprint density at radius 2 is 0.741 bits per heavy atom. The molecule has 0 aliphatic carbocycles. The summed E-state index contributed by atoms with van der Waals surface area (Å²) in [5.74, 6) is 0. The van der Waals surface area contributed by atoms with Crippen molar-refractivity contribution in [2.24, 2.45) is 0 Å². The van der Waals surface area contributed by atoms with Crippen molar-refractivity contribution < 1.29 is 0 Å². The molecule has 0 nitrogen and oxygen atoms in total. The van der Waals surface area contributed by atoms with Crippen LogP contribution in [0.1, 0.15) is 5.56 Å². The summed E-state index contributed by atoms with van der Waals surface area (Å²) in [7, 11) is -1.51. The minimum absolute atomic E-state index is 1.22. The Balaban J connectivity index is 1.99. The normalized spacial score (nSPS) is 12.1. The van der Waals surface area contributed by atoms with Crippen LogP contribution in [0, 0.1) is 0 Å². The van der Waals surface area contributed by atoms with Crippen molar-refractivity contribution in [3.05, 3.63) is 132 Å². The number of hydrogen-bond acceptors (Lipinski definition) is 0. The van der Waals surface area contributed by atoms with E-state index >= 15 is 0 Å². The van der Waals surface area contributed by atoms with Gasteiger partial charge in [0.15, 0.2) is 0 Å². The summed E-state index contributed by atoms with van der Waals surface area (Å²) >= 11 is 0. The molecule has 0 saturated heterocycles. The zero-order chi connectivity index (χ0) is 18.4. The summed E-state index contributed by atoms with van der Waals surface area (Å²) in [6.07, 6.45) is 2.27. The lowest BCUT2D eigenvalue weighted by molar-refractivity contribution is 1.31. The van der Waals surface area contributed by atoms with Crippen molar-refractivity contribution >= 4 is 16.1 Å². The molecule has 0 unspecified atom stereocenters. The molecule has 0 aromatic heterocycles. The van der Waals surface area contributed by atoms with Crippen LogP contribution in [0.15, 0.2) is 141 Å². The number of benzene rings is 4. The second-order valence-corrected chi connectivity index (χ2v) is 9.32. The van der Waals surface area contributed by atoms with Gasteiger partial charge in [-0.15, -0.1) is 10.0 Å². The van der Waals surface area contributed by atoms with Crippen molar-refractivity contribution in [2.75, 3.05) is 0 Å². The van der Waals surface area contributed by atoms with Gasteiger partial charge in [0, 0.05) is 14.7 Å². The predicted molar refractivity (Wildman–Crippen MR) is 117 cm³/mol. The molecule has 4 rings (SSSR count). The quantitative estimate of drug-likeness (QED) is 0.340. The maximum absolute atomic E-state index is 2.42. The van der Waals surface area contributed by atoms with Crippen LogP contribution in [-0.2, 0) is 0 Å². The van der Waals surface area contributed by atoms with Crippen molar-refractivity contribution in [1.29, 1.82) is 0 Å². The van der Waals surface area contributed by atoms with E-state index in [0.29, 0.717) is 0 Å². The average molecular weight is 367 g/mol. The van der Waals surface area contributed by atoms with Gasteiger partial charge < -0.3 is 0 Å². The highest BCUT2D eigenvalue weighted by Gasteiger charge is 2.28. The highest BCUT2D eigenvalue weighted by molar-refractivity contribution is 8.36. The van der Waals surface area contributed by atoms with Gasteiger partial charge in [0.1, 0.15) is 0 Å². The van der Waals surface area contributed by atoms with Gasteiger partial charge in [-0.05, 0) is 53.4 Å². The third-order valence-electron chi connectivity index (χ3n) is 4.61. The van der Waals surface area contributed by atoms with E-state index in [0.717, 1.165) is 0 Å². The summed E-state index contributed by atoms with van der Waals surface area (Å²) in [6, 6.07) is 43.2. The maximum atomic E-state index is 2.42. The molecule has 132 valence electrons. The molecule has 27 heavy (non-hydrogen) atoms. The molecular weight excluding hydrogens is 344 g/mol. The van der Waals surface area contributed by atoms with Gasteiger partial charge in [0.2, 0.25) is 0 Å². The van der Waals surface area contributed by atoms with Crippen molar-refractivity contribution in [3.8, 4) is 0 Å². The Bertz CT molecular complexity index is 894. The third-order valence-corrected chi connectivity index (χ3v) is 8.20. The largest absolute Gasteiger partial charge is 0.140 e. The van der Waals surface area contributed by atoms with Crippen LogP contribution in [0.3, 0.4) is 0 Å². The first kappa shape index (κ1) is 17.4. The first-order valence-electron chi connectivity index (χ1n) is 9.11. The fraction of sp³-hybridized carbons (Fsp3) is 0. The van der Waals surface area contributed by atoms with Crippen molar-refractivity contribution in [2.45, 2.75) is 14.7 Å². The molecule has 0 saturated carbocycles. The Kier molecular flexibility index (Phi) is 5.22. The van der Waals surface area contributed by atoms with Crippen molar-refractivity contribution in [3.63, 3.8) is 0 Å². The zero-order valence-corrected chi connectivity index (χ0v) is 15.9. The van der Waals surface area contributed by atoms with E-state index in [1.807, 2.05) is 0 Å². The molecule has 0 aliphatic heterocycles. The fourth-order valence-corrected chi connectivity index (χ4v) is 6.70. The monoisotopic (exact) mass is 366 g/mol. The average Bonchev–Trinajstić information content (AvgIpc) is 2.77. The zero-order valence-electron chi connectivity index (χ0n) is 15.1. The Morgan fingerprint density at radius 1 is 0.407 bits per heavy atom. The van der Waals surface area contributed by atoms with Gasteiger partial charge >= 0.3 is 0 Å². The lowest BCUT2D eigenvalue weighted by atomic mass is 10.2. The first-order valence-corrected chi connectivity index (χ1v) is 10.8. The summed E-state index contributed by atoms with van der Waals surface area (Å²) in [5.41, 5.74) is 1.22. The lowest BCUT2D eigenvalue weighted by Gasteiger charge is -2.38. The van der Waals surface area contributed by atoms with Gasteiger partial charge in [-0.1, -0.05) is 84.9 Å². The summed E-state index contributed by atoms with van der Waals surface area (Å²) in [5, 5.41) is 2.42. The molecule has 0 N–H and O–H groups in total. The minimum Gasteiger partial charge on any atom is -0.140 e. The molecule has 0 spiro atoms. The van der Waals surface area contributed by atoms with Crippen LogP contribution in [0.4, 0.5) is 0 Å². The molecule has 4 aromatic carbocycles. The second-order valence-electron chi connectivity index (χ2n) is 6.31. The molecular formula is C26H22S. The van der Waals surface area contributed by atoms with Gasteiger partial charge in [-0.25, -0.2) is 0 Å². The number of hydrogen-bond donors (Lipinski definition) is 0. The molecule has 4 aromatic rings. The van der Waals surface area contributed by atoms with E-state index in [1.54, 1.807) is 0 Å². The second kappa shape index (κ2) is 8.11. The highest BCUT2D eigenvalue weighted by atomic mass is 32.3. The fourth-order valence-electron chi connectivity index (χ4n) is 3.29. The molecule has 0 aliphatic rings. The molecule has 0 fully saturated rings. The van der Waals surface area contributed by atoms with E-state index in [1.165, 1.54) is 20.2 Å². The van der Waals surface area contributed by atoms with Gasteiger partial charge in [0.25, 0.3) is 0 Å². The van der Waals surface area contributed by atoms with E-state index in [-0.39, 0.29) is 0 Å². The van der Waals surface area contributed by atoms with Crippen LogP contribution >= 0.6 is 10.0 Å². The molecule has 1 heteroatoms. The van der Waals surface area contributed by atoms with E-state index in [4.69, 9.17) is 0 Å².